The van der Waals surface area contributed by atoms with Crippen LogP contribution in [0.15, 0.2) is 47.4 Å². The van der Waals surface area contributed by atoms with Crippen LogP contribution in [-0.4, -0.2) is 50.7 Å². The van der Waals surface area contributed by atoms with Gasteiger partial charge in [-0.3, -0.25) is 9.59 Å². The number of carbonyl (C=O) groups excluding carboxylic acids is 2. The quantitative estimate of drug-likeness (QED) is 0.762. The first-order valence-corrected chi connectivity index (χ1v) is 11.7. The molecular weight excluding hydrogens is 426 g/mol. The number of benzene rings is 2. The van der Waals surface area contributed by atoms with Crippen LogP contribution in [0.2, 0.25) is 5.02 Å². The minimum atomic E-state index is -3.76. The fraction of sp³-hybridized carbons (Fsp3) is 0.333. The molecule has 7 nitrogen and oxygen atoms in total. The van der Waals surface area contributed by atoms with Crippen molar-refractivity contribution >= 4 is 39.1 Å². The third kappa shape index (κ3) is 3.95. The van der Waals surface area contributed by atoms with Crippen molar-refractivity contribution in [2.45, 2.75) is 24.2 Å². The molecule has 0 saturated carbocycles. The van der Waals surface area contributed by atoms with Gasteiger partial charge in [-0.15, -0.1) is 0 Å². The third-order valence-electron chi connectivity index (χ3n) is 5.46. The first-order chi connectivity index (χ1) is 14.4. The van der Waals surface area contributed by atoms with Crippen LogP contribution in [-0.2, 0) is 21.2 Å². The predicted molar refractivity (Wildman–Crippen MR) is 114 cm³/mol. The number of hydrogen-bond acceptors (Lipinski definition) is 4. The summed E-state index contributed by atoms with van der Waals surface area (Å²) in [6, 6.07) is 11.8. The van der Waals surface area contributed by atoms with Crippen LogP contribution < -0.4 is 10.2 Å². The highest BCUT2D eigenvalue weighted by Gasteiger charge is 2.30. The Morgan fingerprint density at radius 2 is 1.77 bits per heavy atom. The summed E-state index contributed by atoms with van der Waals surface area (Å²) in [7, 11) is -3.76. The van der Waals surface area contributed by atoms with Gasteiger partial charge in [-0.25, -0.2) is 8.42 Å². The van der Waals surface area contributed by atoms with E-state index in [4.69, 9.17) is 11.6 Å². The number of fused-ring (bicyclic) bond motifs is 1. The molecule has 0 atom stereocenters. The van der Waals surface area contributed by atoms with E-state index in [1.807, 2.05) is 24.3 Å². The minimum Gasteiger partial charge on any atom is -0.343 e. The van der Waals surface area contributed by atoms with E-state index in [2.05, 4.69) is 5.32 Å². The van der Waals surface area contributed by atoms with Gasteiger partial charge in [0.15, 0.2) is 0 Å². The zero-order valence-corrected chi connectivity index (χ0v) is 17.9. The minimum absolute atomic E-state index is 0.0724. The summed E-state index contributed by atoms with van der Waals surface area (Å²) in [5, 5.41) is 2.66. The monoisotopic (exact) mass is 447 g/mol. The van der Waals surface area contributed by atoms with Crippen LogP contribution in [0.25, 0.3) is 0 Å². The molecule has 1 fully saturated rings. The van der Waals surface area contributed by atoms with Gasteiger partial charge in [-0.05, 0) is 49.1 Å². The van der Waals surface area contributed by atoms with Crippen molar-refractivity contribution in [3.63, 3.8) is 0 Å². The Morgan fingerprint density at radius 1 is 1.03 bits per heavy atom. The molecule has 9 heteroatoms. The molecular formula is C21H22ClN3O4S. The van der Waals surface area contributed by atoms with Gasteiger partial charge < -0.3 is 10.2 Å². The van der Waals surface area contributed by atoms with Gasteiger partial charge in [0.2, 0.25) is 15.9 Å². The maximum atomic E-state index is 12.8. The van der Waals surface area contributed by atoms with Crippen molar-refractivity contribution in [3.05, 3.63) is 58.6 Å². The Labute approximate surface area is 180 Å². The molecule has 0 bridgehead atoms. The molecule has 1 N–H and O–H groups in total. The number of nitrogens with zero attached hydrogens (tertiary/aromatic N) is 2. The maximum Gasteiger partial charge on any atom is 0.251 e. The fourth-order valence-electron chi connectivity index (χ4n) is 3.86. The van der Waals surface area contributed by atoms with E-state index in [0.29, 0.717) is 19.6 Å². The Hall–Kier alpha value is -2.42. The van der Waals surface area contributed by atoms with Gasteiger partial charge in [0.05, 0.1) is 11.6 Å². The third-order valence-corrected chi connectivity index (χ3v) is 7.84. The normalized spacial score (nSPS) is 16.5. The number of para-hydroxylation sites is 1. The highest BCUT2D eigenvalue weighted by atomic mass is 35.5. The molecule has 2 aromatic carbocycles. The molecule has 0 aromatic heterocycles. The lowest BCUT2D eigenvalue weighted by atomic mass is 10.2. The average Bonchev–Trinajstić information content (AvgIpc) is 3.42. The molecule has 2 heterocycles. The van der Waals surface area contributed by atoms with E-state index in [1.54, 1.807) is 4.90 Å². The van der Waals surface area contributed by atoms with E-state index in [1.165, 1.54) is 22.5 Å². The smallest absolute Gasteiger partial charge is 0.251 e. The number of halogens is 1. The van der Waals surface area contributed by atoms with Crippen LogP contribution in [0.3, 0.4) is 0 Å². The van der Waals surface area contributed by atoms with Crippen LogP contribution in [0.1, 0.15) is 28.8 Å². The van der Waals surface area contributed by atoms with Gasteiger partial charge in [0.1, 0.15) is 4.90 Å². The Kier molecular flexibility index (Phi) is 5.81. The number of sulfonamides is 1. The van der Waals surface area contributed by atoms with E-state index >= 15 is 0 Å². The van der Waals surface area contributed by atoms with Gasteiger partial charge in [-0.2, -0.15) is 4.31 Å². The molecule has 1 saturated heterocycles. The van der Waals surface area contributed by atoms with Gasteiger partial charge >= 0.3 is 0 Å². The average molecular weight is 448 g/mol. The van der Waals surface area contributed by atoms with Crippen LogP contribution >= 0.6 is 11.6 Å². The van der Waals surface area contributed by atoms with Crippen molar-refractivity contribution < 1.29 is 18.0 Å². The fourth-order valence-corrected chi connectivity index (χ4v) is 5.88. The molecule has 0 spiro atoms. The maximum absolute atomic E-state index is 12.8. The zero-order valence-electron chi connectivity index (χ0n) is 16.3. The Bertz CT molecular complexity index is 1100. The second kappa shape index (κ2) is 8.37. The lowest BCUT2D eigenvalue weighted by Crippen LogP contribution is -2.39. The summed E-state index contributed by atoms with van der Waals surface area (Å²) >= 11 is 6.13. The molecule has 0 radical (unpaired) electrons. The predicted octanol–water partition coefficient (Wildman–Crippen LogP) is 2.44. The van der Waals surface area contributed by atoms with E-state index in [0.717, 1.165) is 30.5 Å². The highest BCUT2D eigenvalue weighted by Crippen LogP contribution is 2.29. The van der Waals surface area contributed by atoms with Crippen LogP contribution in [0.4, 0.5) is 5.69 Å². The Morgan fingerprint density at radius 3 is 2.53 bits per heavy atom. The molecule has 2 aromatic rings. The second-order valence-electron chi connectivity index (χ2n) is 7.36. The standard InChI is InChI=1S/C21H22ClN3O4S/c22-17-8-7-16(13-19(17)30(28,29)24-10-3-4-11-24)21(27)23-14-20(26)25-12-9-15-5-1-2-6-18(15)25/h1-2,5-8,13H,3-4,9-12,14H2,(H,23,27). The van der Waals surface area contributed by atoms with Crippen molar-refractivity contribution in [3.8, 4) is 0 Å². The summed E-state index contributed by atoms with van der Waals surface area (Å²) < 4.78 is 27.1. The molecule has 0 aliphatic carbocycles. The summed E-state index contributed by atoms with van der Waals surface area (Å²) in [5.74, 6) is -0.738. The molecule has 2 aliphatic heterocycles. The van der Waals surface area contributed by atoms with Crippen molar-refractivity contribution in [1.29, 1.82) is 0 Å². The summed E-state index contributed by atoms with van der Waals surface area (Å²) in [4.78, 5) is 26.7. The number of amides is 2. The van der Waals surface area contributed by atoms with E-state index < -0.39 is 15.9 Å². The summed E-state index contributed by atoms with van der Waals surface area (Å²) in [6.07, 6.45) is 2.39. The number of rotatable bonds is 5. The number of anilines is 1. The van der Waals surface area contributed by atoms with Crippen LogP contribution in [0, 0.1) is 0 Å². The van der Waals surface area contributed by atoms with E-state index in [9.17, 15) is 18.0 Å². The Balaban J connectivity index is 1.46. The molecule has 30 heavy (non-hydrogen) atoms. The number of hydrogen-bond donors (Lipinski definition) is 1. The lowest BCUT2D eigenvalue weighted by molar-refractivity contribution is -0.117. The number of carbonyl (C=O) groups is 2. The molecule has 158 valence electrons. The molecule has 2 amide bonds. The van der Waals surface area contributed by atoms with Gasteiger partial charge in [0, 0.05) is 30.9 Å². The number of nitrogens with one attached hydrogen (secondary N) is 1. The van der Waals surface area contributed by atoms with Crippen molar-refractivity contribution in [2.24, 2.45) is 0 Å². The topological polar surface area (TPSA) is 86.8 Å². The largest absolute Gasteiger partial charge is 0.343 e. The van der Waals surface area contributed by atoms with Gasteiger partial charge in [-0.1, -0.05) is 29.8 Å². The lowest BCUT2D eigenvalue weighted by Gasteiger charge is -2.18. The summed E-state index contributed by atoms with van der Waals surface area (Å²) in [6.45, 7) is 1.29. The summed E-state index contributed by atoms with van der Waals surface area (Å²) in [5.41, 5.74) is 2.11. The molecule has 0 unspecified atom stereocenters. The first-order valence-electron chi connectivity index (χ1n) is 9.84. The SMILES string of the molecule is O=C(NCC(=O)N1CCc2ccccc21)c1ccc(Cl)c(S(=O)(=O)N2CCCC2)c1. The van der Waals surface area contributed by atoms with E-state index in [-0.39, 0.29) is 27.9 Å². The first kappa shape index (κ1) is 20.8. The second-order valence-corrected chi connectivity index (χ2v) is 9.68. The van der Waals surface area contributed by atoms with Gasteiger partial charge in [0.25, 0.3) is 5.91 Å². The highest BCUT2D eigenvalue weighted by molar-refractivity contribution is 7.89. The molecule has 2 aliphatic rings. The van der Waals surface area contributed by atoms with Crippen LogP contribution in [0.5, 0.6) is 0 Å². The zero-order chi connectivity index (χ0) is 21.3. The molecule has 4 rings (SSSR count). The van der Waals surface area contributed by atoms with Crippen molar-refractivity contribution in [1.82, 2.24) is 9.62 Å². The van der Waals surface area contributed by atoms with Crippen molar-refractivity contribution in [2.75, 3.05) is 31.1 Å².